The van der Waals surface area contributed by atoms with Crippen LogP contribution in [0.25, 0.3) is 22.3 Å². The smallest absolute Gasteiger partial charge is 0.137 e. The normalized spacial score (nSPS) is 23.1. The van der Waals surface area contributed by atoms with Crippen molar-refractivity contribution in [2.24, 2.45) is 0 Å². The lowest BCUT2D eigenvalue weighted by atomic mass is 9.82. The Hall–Kier alpha value is -1.85. The van der Waals surface area contributed by atoms with Crippen molar-refractivity contribution in [2.75, 3.05) is 13.1 Å². The summed E-state index contributed by atoms with van der Waals surface area (Å²) in [5.41, 5.74) is 4.80. The fourth-order valence-electron chi connectivity index (χ4n) is 3.86. The highest BCUT2D eigenvalue weighted by molar-refractivity contribution is 5.85. The molecule has 22 heavy (non-hydrogen) atoms. The molecule has 1 spiro atoms. The molecule has 5 rings (SSSR count). The molecule has 114 valence electrons. The summed E-state index contributed by atoms with van der Waals surface area (Å²) in [5.74, 6) is 0. The van der Waals surface area contributed by atoms with Crippen molar-refractivity contribution in [3.63, 3.8) is 0 Å². The first-order chi connectivity index (χ1) is 10.3. The number of H-pyrrole nitrogens is 1. The van der Waals surface area contributed by atoms with Crippen LogP contribution in [0, 0.1) is 0 Å². The van der Waals surface area contributed by atoms with E-state index in [-0.39, 0.29) is 12.4 Å². The van der Waals surface area contributed by atoms with E-state index in [4.69, 9.17) is 5.10 Å². The van der Waals surface area contributed by atoms with Crippen LogP contribution in [0.2, 0.25) is 0 Å². The van der Waals surface area contributed by atoms with Crippen LogP contribution in [-0.2, 0) is 12.0 Å². The van der Waals surface area contributed by atoms with Gasteiger partial charge < -0.3 is 10.3 Å². The van der Waals surface area contributed by atoms with Gasteiger partial charge in [0.05, 0.1) is 5.69 Å². The molecular weight excluding hydrogens is 298 g/mol. The number of nitrogens with one attached hydrogen (secondary N) is 2. The van der Waals surface area contributed by atoms with Gasteiger partial charge in [-0.1, -0.05) is 0 Å². The lowest BCUT2D eigenvalue weighted by Crippen LogP contribution is -2.25. The van der Waals surface area contributed by atoms with Crippen LogP contribution in [0.3, 0.4) is 0 Å². The predicted molar refractivity (Wildman–Crippen MR) is 88.3 cm³/mol. The van der Waals surface area contributed by atoms with E-state index in [1.165, 1.54) is 18.5 Å². The second-order valence-corrected chi connectivity index (χ2v) is 6.23. The number of nitrogens with zero attached hydrogens (tertiary/aromatic N) is 3. The van der Waals surface area contributed by atoms with Crippen LogP contribution >= 0.6 is 12.4 Å². The standard InChI is InChI=1S/C16H17N5.ClH/c1-4-18-15-11(1)7-12(9-19-15)13-8-14-16(2-5-17-10-16)3-6-21(14)20-13;/h1,4,7-9,17H,2-3,5-6,10H2,(H,18,19);1H/t16-;/m0./s1. The first kappa shape index (κ1) is 13.8. The quantitative estimate of drug-likeness (QED) is 0.725. The van der Waals surface area contributed by atoms with E-state index in [9.17, 15) is 0 Å². The van der Waals surface area contributed by atoms with E-state index in [0.717, 1.165) is 41.9 Å². The predicted octanol–water partition coefficient (Wildman–Crippen LogP) is 2.48. The van der Waals surface area contributed by atoms with Gasteiger partial charge in [0, 0.05) is 47.5 Å². The minimum Gasteiger partial charge on any atom is -0.346 e. The summed E-state index contributed by atoms with van der Waals surface area (Å²) in [6.07, 6.45) is 6.29. The zero-order valence-electron chi connectivity index (χ0n) is 12.2. The topological polar surface area (TPSA) is 58.5 Å². The van der Waals surface area contributed by atoms with Gasteiger partial charge in [-0.05, 0) is 37.6 Å². The molecule has 2 aliphatic rings. The molecule has 1 atom stereocenters. The van der Waals surface area contributed by atoms with Crippen molar-refractivity contribution in [3.8, 4) is 11.3 Å². The van der Waals surface area contributed by atoms with Gasteiger partial charge in [-0.3, -0.25) is 4.68 Å². The fourth-order valence-corrected chi connectivity index (χ4v) is 3.86. The average molecular weight is 316 g/mol. The van der Waals surface area contributed by atoms with E-state index in [1.807, 2.05) is 12.4 Å². The van der Waals surface area contributed by atoms with Crippen molar-refractivity contribution >= 4 is 23.4 Å². The number of aryl methyl sites for hydroxylation is 1. The van der Waals surface area contributed by atoms with Crippen molar-refractivity contribution < 1.29 is 0 Å². The van der Waals surface area contributed by atoms with Crippen LogP contribution in [0.1, 0.15) is 18.5 Å². The number of pyridine rings is 1. The molecule has 5 nitrogen and oxygen atoms in total. The van der Waals surface area contributed by atoms with E-state index >= 15 is 0 Å². The van der Waals surface area contributed by atoms with Crippen molar-refractivity contribution in [1.29, 1.82) is 0 Å². The number of aromatic amines is 1. The Balaban J connectivity index is 0.00000125. The Kier molecular flexibility index (Phi) is 3.03. The first-order valence-corrected chi connectivity index (χ1v) is 7.57. The number of halogens is 1. The molecule has 1 saturated heterocycles. The molecule has 0 unspecified atom stereocenters. The summed E-state index contributed by atoms with van der Waals surface area (Å²) < 4.78 is 2.20. The number of hydrogen-bond acceptors (Lipinski definition) is 3. The summed E-state index contributed by atoms with van der Waals surface area (Å²) in [6.45, 7) is 3.25. The molecule has 5 heterocycles. The zero-order valence-corrected chi connectivity index (χ0v) is 13.0. The van der Waals surface area contributed by atoms with Gasteiger partial charge in [0.2, 0.25) is 0 Å². The number of hydrogen-bond donors (Lipinski definition) is 2. The summed E-state index contributed by atoms with van der Waals surface area (Å²) in [6, 6.07) is 6.49. The van der Waals surface area contributed by atoms with Crippen LogP contribution in [0.5, 0.6) is 0 Å². The van der Waals surface area contributed by atoms with Gasteiger partial charge in [0.25, 0.3) is 0 Å². The van der Waals surface area contributed by atoms with E-state index < -0.39 is 0 Å². The third kappa shape index (κ3) is 1.82. The van der Waals surface area contributed by atoms with E-state index in [1.54, 1.807) is 0 Å². The molecule has 0 aliphatic carbocycles. The highest BCUT2D eigenvalue weighted by Gasteiger charge is 2.42. The monoisotopic (exact) mass is 315 g/mol. The Bertz CT molecular complexity index is 828. The largest absolute Gasteiger partial charge is 0.346 e. The van der Waals surface area contributed by atoms with Crippen molar-refractivity contribution in [1.82, 2.24) is 25.1 Å². The van der Waals surface area contributed by atoms with Crippen LogP contribution in [-0.4, -0.2) is 32.8 Å². The van der Waals surface area contributed by atoms with Crippen molar-refractivity contribution in [3.05, 3.63) is 36.3 Å². The Morgan fingerprint density at radius 1 is 1.23 bits per heavy atom. The van der Waals surface area contributed by atoms with E-state index in [0.29, 0.717) is 5.41 Å². The van der Waals surface area contributed by atoms with Gasteiger partial charge in [-0.2, -0.15) is 5.10 Å². The van der Waals surface area contributed by atoms with Crippen LogP contribution in [0.15, 0.2) is 30.6 Å². The maximum absolute atomic E-state index is 4.81. The van der Waals surface area contributed by atoms with E-state index in [2.05, 4.69) is 38.2 Å². The second-order valence-electron chi connectivity index (χ2n) is 6.23. The molecule has 2 N–H and O–H groups in total. The third-order valence-corrected chi connectivity index (χ3v) is 5.07. The lowest BCUT2D eigenvalue weighted by molar-refractivity contribution is 0.467. The van der Waals surface area contributed by atoms with Crippen LogP contribution < -0.4 is 5.32 Å². The van der Waals surface area contributed by atoms with Crippen molar-refractivity contribution in [2.45, 2.75) is 24.8 Å². The average Bonchev–Trinajstić information content (AvgIpc) is 3.25. The SMILES string of the molecule is Cl.c1cc2cc(-c3cc4n(n3)CC[C@]43CCNC3)cnc2[nH]1. The summed E-state index contributed by atoms with van der Waals surface area (Å²) >= 11 is 0. The molecule has 0 aromatic carbocycles. The van der Waals surface area contributed by atoms with Gasteiger partial charge in [-0.15, -0.1) is 12.4 Å². The van der Waals surface area contributed by atoms with Gasteiger partial charge in [0.1, 0.15) is 5.65 Å². The molecule has 1 fully saturated rings. The van der Waals surface area contributed by atoms with Crippen LogP contribution in [0.4, 0.5) is 0 Å². The van der Waals surface area contributed by atoms with Gasteiger partial charge in [0.15, 0.2) is 0 Å². The third-order valence-electron chi connectivity index (χ3n) is 5.07. The van der Waals surface area contributed by atoms with Gasteiger partial charge >= 0.3 is 0 Å². The fraction of sp³-hybridized carbons (Fsp3) is 0.375. The Labute approximate surface area is 134 Å². The molecular formula is C16H18ClN5. The number of aromatic nitrogens is 4. The molecule has 0 radical (unpaired) electrons. The molecule has 6 heteroatoms. The molecule has 0 saturated carbocycles. The molecule has 0 bridgehead atoms. The Morgan fingerprint density at radius 3 is 3.05 bits per heavy atom. The maximum Gasteiger partial charge on any atom is 0.137 e. The Morgan fingerprint density at radius 2 is 2.18 bits per heavy atom. The molecule has 2 aliphatic heterocycles. The summed E-state index contributed by atoms with van der Waals surface area (Å²) in [7, 11) is 0. The maximum atomic E-state index is 4.81. The molecule has 3 aromatic rings. The lowest BCUT2D eigenvalue weighted by Gasteiger charge is -2.20. The molecule has 0 amide bonds. The first-order valence-electron chi connectivity index (χ1n) is 7.57. The number of fused-ring (bicyclic) bond motifs is 3. The summed E-state index contributed by atoms with van der Waals surface area (Å²) in [4.78, 5) is 7.60. The zero-order chi connectivity index (χ0) is 13.9. The number of rotatable bonds is 1. The minimum absolute atomic E-state index is 0. The minimum atomic E-state index is 0. The highest BCUT2D eigenvalue weighted by Crippen LogP contribution is 2.41. The summed E-state index contributed by atoms with van der Waals surface area (Å²) in [5, 5.41) is 9.45. The van der Waals surface area contributed by atoms with Gasteiger partial charge in [-0.25, -0.2) is 4.98 Å². The highest BCUT2D eigenvalue weighted by atomic mass is 35.5. The molecule has 3 aromatic heterocycles. The second kappa shape index (κ2) is 4.83.